The van der Waals surface area contributed by atoms with E-state index in [9.17, 15) is 0 Å². The number of aromatic amines is 1. The molecule has 0 aromatic carbocycles. The van der Waals surface area contributed by atoms with Crippen molar-refractivity contribution in [3.05, 3.63) is 36.2 Å². The molecular weight excluding hydrogens is 166 g/mol. The SMILES string of the molecule is Cn1ccnc1C(N)c1ccn[nH]1. The summed E-state index contributed by atoms with van der Waals surface area (Å²) in [7, 11) is 1.92. The summed E-state index contributed by atoms with van der Waals surface area (Å²) in [4.78, 5) is 4.16. The summed E-state index contributed by atoms with van der Waals surface area (Å²) < 4.78 is 1.89. The van der Waals surface area contributed by atoms with Crippen LogP contribution in [0.2, 0.25) is 0 Å². The Morgan fingerprint density at radius 2 is 2.38 bits per heavy atom. The number of nitrogens with one attached hydrogen (secondary N) is 1. The van der Waals surface area contributed by atoms with Crippen molar-refractivity contribution < 1.29 is 0 Å². The number of aryl methyl sites for hydroxylation is 1. The molecule has 0 fully saturated rings. The van der Waals surface area contributed by atoms with Gasteiger partial charge in [-0.1, -0.05) is 0 Å². The molecule has 13 heavy (non-hydrogen) atoms. The van der Waals surface area contributed by atoms with Crippen molar-refractivity contribution in [3.8, 4) is 0 Å². The summed E-state index contributed by atoms with van der Waals surface area (Å²) in [5.41, 5.74) is 6.82. The second kappa shape index (κ2) is 3.02. The van der Waals surface area contributed by atoms with Gasteiger partial charge in [-0.25, -0.2) is 4.98 Å². The molecule has 3 N–H and O–H groups in total. The topological polar surface area (TPSA) is 72.5 Å². The summed E-state index contributed by atoms with van der Waals surface area (Å²) in [6, 6.07) is 1.61. The molecule has 0 aliphatic rings. The fourth-order valence-electron chi connectivity index (χ4n) is 1.26. The second-order valence-corrected chi connectivity index (χ2v) is 2.89. The highest BCUT2D eigenvalue weighted by Gasteiger charge is 2.13. The number of H-pyrrole nitrogens is 1. The zero-order valence-corrected chi connectivity index (χ0v) is 7.31. The molecule has 0 saturated heterocycles. The van der Waals surface area contributed by atoms with Crippen LogP contribution in [-0.2, 0) is 7.05 Å². The van der Waals surface area contributed by atoms with E-state index in [1.807, 2.05) is 23.9 Å². The van der Waals surface area contributed by atoms with Gasteiger partial charge in [-0.2, -0.15) is 5.10 Å². The van der Waals surface area contributed by atoms with E-state index in [0.29, 0.717) is 0 Å². The highest BCUT2D eigenvalue weighted by atomic mass is 15.1. The minimum Gasteiger partial charge on any atom is -0.336 e. The first-order valence-corrected chi connectivity index (χ1v) is 4.01. The van der Waals surface area contributed by atoms with Crippen LogP contribution in [0.15, 0.2) is 24.7 Å². The van der Waals surface area contributed by atoms with Crippen LogP contribution in [-0.4, -0.2) is 19.7 Å². The molecule has 5 heteroatoms. The molecule has 1 unspecified atom stereocenters. The largest absolute Gasteiger partial charge is 0.336 e. The molecular formula is C8H11N5. The Morgan fingerprint density at radius 3 is 2.92 bits per heavy atom. The lowest BCUT2D eigenvalue weighted by molar-refractivity contribution is 0.697. The lowest BCUT2D eigenvalue weighted by Crippen LogP contribution is -2.16. The summed E-state index contributed by atoms with van der Waals surface area (Å²) >= 11 is 0. The molecule has 0 bridgehead atoms. The lowest BCUT2D eigenvalue weighted by atomic mass is 10.2. The molecule has 0 amide bonds. The zero-order chi connectivity index (χ0) is 9.26. The van der Waals surface area contributed by atoms with Crippen LogP contribution in [0.5, 0.6) is 0 Å². The molecule has 0 aliphatic heterocycles. The number of imidazole rings is 1. The van der Waals surface area contributed by atoms with Crippen molar-refractivity contribution in [2.75, 3.05) is 0 Å². The van der Waals surface area contributed by atoms with Crippen LogP contribution >= 0.6 is 0 Å². The van der Waals surface area contributed by atoms with E-state index in [2.05, 4.69) is 15.2 Å². The summed E-state index contributed by atoms with van der Waals surface area (Å²) in [5.74, 6) is 0.823. The standard InChI is InChI=1S/C8H11N5/c1-13-5-4-10-8(13)7(9)6-2-3-11-12-6/h2-5,7H,9H2,1H3,(H,11,12). The van der Waals surface area contributed by atoms with E-state index in [0.717, 1.165) is 11.5 Å². The average Bonchev–Trinajstić information content (AvgIpc) is 2.72. The van der Waals surface area contributed by atoms with E-state index >= 15 is 0 Å². The quantitative estimate of drug-likeness (QED) is 0.687. The van der Waals surface area contributed by atoms with Gasteiger partial charge in [-0.05, 0) is 6.07 Å². The Labute approximate surface area is 75.6 Å². The summed E-state index contributed by atoms with van der Waals surface area (Å²) in [6.45, 7) is 0. The van der Waals surface area contributed by atoms with Gasteiger partial charge in [0.2, 0.25) is 0 Å². The molecule has 0 spiro atoms. The van der Waals surface area contributed by atoms with Crippen LogP contribution in [0.1, 0.15) is 17.6 Å². The molecule has 2 heterocycles. The van der Waals surface area contributed by atoms with E-state index in [-0.39, 0.29) is 6.04 Å². The summed E-state index contributed by atoms with van der Waals surface area (Å²) in [6.07, 6.45) is 5.27. The number of hydrogen-bond acceptors (Lipinski definition) is 3. The Hall–Kier alpha value is -1.62. The number of hydrogen-bond donors (Lipinski definition) is 2. The Kier molecular flexibility index (Phi) is 1.86. The predicted octanol–water partition coefficient (Wildman–Crippen LogP) is 0.191. The van der Waals surface area contributed by atoms with Gasteiger partial charge in [0.1, 0.15) is 11.9 Å². The molecule has 2 aromatic heterocycles. The van der Waals surface area contributed by atoms with E-state index in [1.54, 1.807) is 12.4 Å². The number of aromatic nitrogens is 4. The van der Waals surface area contributed by atoms with Crippen molar-refractivity contribution in [3.63, 3.8) is 0 Å². The third kappa shape index (κ3) is 1.33. The van der Waals surface area contributed by atoms with Gasteiger partial charge >= 0.3 is 0 Å². The first-order chi connectivity index (χ1) is 6.29. The van der Waals surface area contributed by atoms with Gasteiger partial charge in [0, 0.05) is 25.6 Å². The third-order valence-corrected chi connectivity index (χ3v) is 1.99. The van der Waals surface area contributed by atoms with Crippen molar-refractivity contribution in [1.82, 2.24) is 19.7 Å². The monoisotopic (exact) mass is 177 g/mol. The number of nitrogens with two attached hydrogens (primary N) is 1. The van der Waals surface area contributed by atoms with Crippen LogP contribution < -0.4 is 5.73 Å². The van der Waals surface area contributed by atoms with Gasteiger partial charge in [0.25, 0.3) is 0 Å². The Balaban J connectivity index is 2.33. The van der Waals surface area contributed by atoms with Gasteiger partial charge < -0.3 is 10.3 Å². The molecule has 0 radical (unpaired) electrons. The van der Waals surface area contributed by atoms with Gasteiger partial charge in [-0.3, -0.25) is 5.10 Å². The van der Waals surface area contributed by atoms with E-state index in [4.69, 9.17) is 5.73 Å². The van der Waals surface area contributed by atoms with Crippen molar-refractivity contribution >= 4 is 0 Å². The van der Waals surface area contributed by atoms with Crippen molar-refractivity contribution in [2.24, 2.45) is 12.8 Å². The first kappa shape index (κ1) is 8.00. The third-order valence-electron chi connectivity index (χ3n) is 1.99. The maximum absolute atomic E-state index is 5.95. The molecule has 0 aliphatic carbocycles. The van der Waals surface area contributed by atoms with E-state index in [1.165, 1.54) is 0 Å². The maximum atomic E-state index is 5.95. The summed E-state index contributed by atoms with van der Waals surface area (Å²) in [5, 5.41) is 6.66. The highest BCUT2D eigenvalue weighted by molar-refractivity contribution is 5.14. The Bertz CT molecular complexity index is 375. The van der Waals surface area contributed by atoms with Gasteiger partial charge in [-0.15, -0.1) is 0 Å². The lowest BCUT2D eigenvalue weighted by Gasteiger charge is -2.08. The Morgan fingerprint density at radius 1 is 1.54 bits per heavy atom. The minimum atomic E-state index is -0.234. The fraction of sp³-hybridized carbons (Fsp3) is 0.250. The maximum Gasteiger partial charge on any atom is 0.131 e. The molecule has 2 aromatic rings. The zero-order valence-electron chi connectivity index (χ0n) is 7.31. The van der Waals surface area contributed by atoms with Crippen LogP contribution in [0.4, 0.5) is 0 Å². The van der Waals surface area contributed by atoms with Crippen LogP contribution in [0.25, 0.3) is 0 Å². The van der Waals surface area contributed by atoms with Crippen molar-refractivity contribution in [1.29, 1.82) is 0 Å². The molecule has 5 nitrogen and oxygen atoms in total. The predicted molar refractivity (Wildman–Crippen MR) is 47.8 cm³/mol. The van der Waals surface area contributed by atoms with Crippen LogP contribution in [0.3, 0.4) is 0 Å². The molecule has 1 atom stereocenters. The average molecular weight is 177 g/mol. The van der Waals surface area contributed by atoms with Crippen molar-refractivity contribution in [2.45, 2.75) is 6.04 Å². The molecule has 68 valence electrons. The molecule has 0 saturated carbocycles. The first-order valence-electron chi connectivity index (χ1n) is 4.01. The molecule has 2 rings (SSSR count). The smallest absolute Gasteiger partial charge is 0.131 e. The fourth-order valence-corrected chi connectivity index (χ4v) is 1.26. The second-order valence-electron chi connectivity index (χ2n) is 2.89. The number of nitrogens with zero attached hydrogens (tertiary/aromatic N) is 3. The van der Waals surface area contributed by atoms with E-state index < -0.39 is 0 Å². The minimum absolute atomic E-state index is 0.234. The highest BCUT2D eigenvalue weighted by Crippen LogP contribution is 2.13. The van der Waals surface area contributed by atoms with Gasteiger partial charge in [0.15, 0.2) is 0 Å². The van der Waals surface area contributed by atoms with Gasteiger partial charge in [0.05, 0.1) is 5.69 Å². The van der Waals surface area contributed by atoms with Crippen LogP contribution in [0, 0.1) is 0 Å². The normalized spacial score (nSPS) is 13.1. The number of rotatable bonds is 2.